The molecule has 2 aromatic carbocycles. The fraction of sp³-hybridized carbons (Fsp3) is 0.261. The van der Waals surface area contributed by atoms with Crippen LogP contribution in [0.15, 0.2) is 54.6 Å². The zero-order valence-corrected chi connectivity index (χ0v) is 17.0. The van der Waals surface area contributed by atoms with Gasteiger partial charge in [0, 0.05) is 17.6 Å². The Balaban J connectivity index is 1.31. The van der Waals surface area contributed by atoms with Crippen molar-refractivity contribution < 1.29 is 9.53 Å². The maximum absolute atomic E-state index is 12.1. The minimum Gasteiger partial charge on any atom is -0.382 e. The Morgan fingerprint density at radius 1 is 1.13 bits per heavy atom. The number of fused-ring (bicyclic) bond motifs is 5. The van der Waals surface area contributed by atoms with Crippen LogP contribution in [-0.2, 0) is 11.3 Å². The lowest BCUT2D eigenvalue weighted by atomic mass is 10.1. The van der Waals surface area contributed by atoms with Gasteiger partial charge in [0.15, 0.2) is 5.82 Å². The van der Waals surface area contributed by atoms with E-state index in [-0.39, 0.29) is 12.1 Å². The van der Waals surface area contributed by atoms with E-state index in [2.05, 4.69) is 26.3 Å². The molecule has 0 aliphatic carbocycles. The van der Waals surface area contributed by atoms with Crippen molar-refractivity contribution in [2.75, 3.05) is 24.2 Å². The summed E-state index contributed by atoms with van der Waals surface area (Å²) in [5.74, 6) is 1.31. The first-order valence-corrected chi connectivity index (χ1v) is 10.4. The van der Waals surface area contributed by atoms with Gasteiger partial charge in [-0.1, -0.05) is 36.4 Å². The van der Waals surface area contributed by atoms with Crippen molar-refractivity contribution in [1.82, 2.24) is 19.9 Å². The molecule has 0 spiro atoms. The standard InChI is InChI=1S/C23H24N6O2/c24-22-20-21(17-10-4-5-11-18(17)27-22)29-16(13-31-14-19(29)28-20)9-6-12-25-23(30)26-15-7-2-1-3-8-15/h1-5,7-8,10-11,16H,6,9,12-14H2,(H2,24,27)(H2,25,26,30)/t16-/m0/s1. The van der Waals surface area contributed by atoms with Gasteiger partial charge in [0.1, 0.15) is 17.9 Å². The highest BCUT2D eigenvalue weighted by atomic mass is 16.5. The third kappa shape index (κ3) is 3.77. The third-order valence-corrected chi connectivity index (χ3v) is 5.56. The average Bonchev–Trinajstić information content (AvgIpc) is 3.19. The number of ether oxygens (including phenoxy) is 1. The molecule has 8 nitrogen and oxygen atoms in total. The normalized spacial score (nSPS) is 15.7. The summed E-state index contributed by atoms with van der Waals surface area (Å²) in [4.78, 5) is 21.3. The number of urea groups is 1. The minimum absolute atomic E-state index is 0.123. The van der Waals surface area contributed by atoms with Gasteiger partial charge < -0.3 is 25.7 Å². The summed E-state index contributed by atoms with van der Waals surface area (Å²) in [6, 6.07) is 17.3. The van der Waals surface area contributed by atoms with Gasteiger partial charge in [-0.25, -0.2) is 14.8 Å². The van der Waals surface area contributed by atoms with Gasteiger partial charge in [-0.3, -0.25) is 0 Å². The summed E-state index contributed by atoms with van der Waals surface area (Å²) in [6.45, 7) is 1.63. The van der Waals surface area contributed by atoms with E-state index < -0.39 is 0 Å². The van der Waals surface area contributed by atoms with Crippen molar-refractivity contribution in [3.05, 3.63) is 60.4 Å². The second-order valence-corrected chi connectivity index (χ2v) is 7.67. The lowest BCUT2D eigenvalue weighted by Gasteiger charge is -2.26. The fourth-order valence-corrected chi connectivity index (χ4v) is 4.17. The first-order chi connectivity index (χ1) is 15.2. The number of nitrogens with two attached hydrogens (primary N) is 1. The van der Waals surface area contributed by atoms with E-state index in [1.165, 1.54) is 0 Å². The Kier molecular flexibility index (Phi) is 5.13. The number of nitrogen functional groups attached to an aromatic ring is 1. The molecule has 2 amide bonds. The molecule has 1 atom stereocenters. The summed E-state index contributed by atoms with van der Waals surface area (Å²) < 4.78 is 8.06. The number of nitrogens with one attached hydrogen (secondary N) is 2. The number of hydrogen-bond acceptors (Lipinski definition) is 5. The number of rotatable bonds is 5. The van der Waals surface area contributed by atoms with Gasteiger partial charge in [0.05, 0.1) is 23.7 Å². The maximum atomic E-state index is 12.1. The van der Waals surface area contributed by atoms with Gasteiger partial charge in [-0.2, -0.15) is 0 Å². The van der Waals surface area contributed by atoms with Crippen LogP contribution >= 0.6 is 0 Å². The highest BCUT2D eigenvalue weighted by Crippen LogP contribution is 2.34. The quantitative estimate of drug-likeness (QED) is 0.429. The van der Waals surface area contributed by atoms with Crippen molar-refractivity contribution in [1.29, 1.82) is 0 Å². The predicted octanol–water partition coefficient (Wildman–Crippen LogP) is 3.84. The first-order valence-electron chi connectivity index (χ1n) is 10.4. The van der Waals surface area contributed by atoms with Crippen LogP contribution in [0.25, 0.3) is 21.9 Å². The van der Waals surface area contributed by atoms with E-state index in [0.29, 0.717) is 25.6 Å². The SMILES string of the molecule is Nc1nc2ccccc2c2c1nc1n2[C@@H](CCCNC(=O)Nc2ccccc2)COC1. The molecule has 0 radical (unpaired) electrons. The van der Waals surface area contributed by atoms with E-state index in [9.17, 15) is 4.79 Å². The van der Waals surface area contributed by atoms with Gasteiger partial charge in [-0.05, 0) is 31.0 Å². The third-order valence-electron chi connectivity index (χ3n) is 5.56. The number of amides is 2. The second-order valence-electron chi connectivity index (χ2n) is 7.67. The number of anilines is 2. The number of imidazole rings is 1. The van der Waals surface area contributed by atoms with Gasteiger partial charge >= 0.3 is 6.03 Å². The maximum Gasteiger partial charge on any atom is 0.319 e. The molecular weight excluding hydrogens is 392 g/mol. The number of para-hydroxylation sites is 2. The highest BCUT2D eigenvalue weighted by Gasteiger charge is 2.26. The lowest BCUT2D eigenvalue weighted by molar-refractivity contribution is 0.0534. The molecule has 4 aromatic rings. The molecule has 8 heteroatoms. The van der Waals surface area contributed by atoms with Crippen molar-refractivity contribution in [2.45, 2.75) is 25.5 Å². The largest absolute Gasteiger partial charge is 0.382 e. The number of benzene rings is 2. The van der Waals surface area contributed by atoms with Crippen LogP contribution in [0, 0.1) is 0 Å². The first kappa shape index (κ1) is 19.3. The monoisotopic (exact) mass is 416 g/mol. The Labute approximate surface area is 179 Å². The van der Waals surface area contributed by atoms with Crippen LogP contribution in [-0.4, -0.2) is 33.7 Å². The summed E-state index contributed by atoms with van der Waals surface area (Å²) in [6.07, 6.45) is 1.66. The number of pyridine rings is 1. The number of hydrogen-bond donors (Lipinski definition) is 3. The molecule has 4 N–H and O–H groups in total. The number of aromatic nitrogens is 3. The molecule has 1 aliphatic rings. The molecule has 2 aromatic heterocycles. The number of nitrogens with zero attached hydrogens (tertiary/aromatic N) is 3. The fourth-order valence-electron chi connectivity index (χ4n) is 4.17. The number of carbonyl (C=O) groups is 1. The molecule has 3 heterocycles. The topological polar surface area (TPSA) is 107 Å². The zero-order chi connectivity index (χ0) is 21.2. The smallest absolute Gasteiger partial charge is 0.319 e. The Morgan fingerprint density at radius 3 is 2.81 bits per heavy atom. The van der Waals surface area contributed by atoms with Crippen LogP contribution in [0.5, 0.6) is 0 Å². The van der Waals surface area contributed by atoms with Crippen LogP contribution < -0.4 is 16.4 Å². The highest BCUT2D eigenvalue weighted by molar-refractivity contribution is 6.06. The molecule has 31 heavy (non-hydrogen) atoms. The average molecular weight is 416 g/mol. The van der Waals surface area contributed by atoms with E-state index in [4.69, 9.17) is 15.5 Å². The number of carbonyl (C=O) groups excluding carboxylic acids is 1. The van der Waals surface area contributed by atoms with Gasteiger partial charge in [0.25, 0.3) is 0 Å². The molecule has 0 fully saturated rings. The molecule has 158 valence electrons. The van der Waals surface area contributed by atoms with Crippen LogP contribution in [0.2, 0.25) is 0 Å². The molecule has 5 rings (SSSR count). The molecule has 0 bridgehead atoms. The predicted molar refractivity (Wildman–Crippen MR) is 121 cm³/mol. The van der Waals surface area contributed by atoms with E-state index >= 15 is 0 Å². The molecule has 0 unspecified atom stereocenters. The van der Waals surface area contributed by atoms with Crippen molar-refractivity contribution in [3.8, 4) is 0 Å². The summed E-state index contributed by atoms with van der Waals surface area (Å²) in [5, 5.41) is 6.79. The molecular formula is C23H24N6O2. The van der Waals surface area contributed by atoms with E-state index in [1.54, 1.807) is 0 Å². The van der Waals surface area contributed by atoms with Crippen LogP contribution in [0.4, 0.5) is 16.3 Å². The Morgan fingerprint density at radius 2 is 1.94 bits per heavy atom. The lowest BCUT2D eigenvalue weighted by Crippen LogP contribution is -2.30. The summed E-state index contributed by atoms with van der Waals surface area (Å²) in [7, 11) is 0. The van der Waals surface area contributed by atoms with E-state index in [1.807, 2.05) is 48.5 Å². The molecule has 0 saturated carbocycles. The summed E-state index contributed by atoms with van der Waals surface area (Å²) in [5.41, 5.74) is 9.59. The Hall–Kier alpha value is -3.65. The van der Waals surface area contributed by atoms with Crippen LogP contribution in [0.1, 0.15) is 24.7 Å². The van der Waals surface area contributed by atoms with Crippen molar-refractivity contribution in [3.63, 3.8) is 0 Å². The second kappa shape index (κ2) is 8.23. The molecule has 0 saturated heterocycles. The van der Waals surface area contributed by atoms with Crippen molar-refractivity contribution in [2.24, 2.45) is 0 Å². The van der Waals surface area contributed by atoms with E-state index in [0.717, 1.165) is 46.3 Å². The summed E-state index contributed by atoms with van der Waals surface area (Å²) >= 11 is 0. The van der Waals surface area contributed by atoms with Gasteiger partial charge in [0.2, 0.25) is 0 Å². The molecule has 1 aliphatic heterocycles. The van der Waals surface area contributed by atoms with Crippen LogP contribution in [0.3, 0.4) is 0 Å². The Bertz CT molecular complexity index is 1240. The minimum atomic E-state index is -0.204. The zero-order valence-electron chi connectivity index (χ0n) is 17.0. The van der Waals surface area contributed by atoms with Crippen molar-refractivity contribution >= 4 is 39.5 Å². The van der Waals surface area contributed by atoms with Gasteiger partial charge in [-0.15, -0.1) is 0 Å².